The van der Waals surface area contributed by atoms with E-state index in [1.165, 1.54) is 0 Å². The number of nitrogens with two attached hydrogens (primary N) is 1. The van der Waals surface area contributed by atoms with E-state index in [-0.39, 0.29) is 43.6 Å². The summed E-state index contributed by atoms with van der Waals surface area (Å²) in [5.41, 5.74) is 2.97. The number of esters is 1. The number of aromatic nitrogens is 2. The molecule has 44 heavy (non-hydrogen) atoms. The van der Waals surface area contributed by atoms with Crippen LogP contribution in [-0.2, 0) is 23.7 Å². The molecule has 2 rings (SSSR count). The Morgan fingerprint density at radius 1 is 0.795 bits per heavy atom. The van der Waals surface area contributed by atoms with Gasteiger partial charge in [-0.3, -0.25) is 14.8 Å². The number of carbonyl (C=O) groups excluding carboxylic acids is 3. The molecule has 246 valence electrons. The number of carbonyl (C=O) groups is 3. The first-order valence-corrected chi connectivity index (χ1v) is 13.9. The second kappa shape index (κ2) is 24.8. The third-order valence-electron chi connectivity index (χ3n) is 3.58. The van der Waals surface area contributed by atoms with Crippen LogP contribution >= 0.6 is 11.6 Å². The molecule has 3 N–H and O–H groups in total. The van der Waals surface area contributed by atoms with Gasteiger partial charge in [0, 0.05) is 42.8 Å². The number of hydrogen-bond donors (Lipinski definition) is 2. The van der Waals surface area contributed by atoms with E-state index < -0.39 is 29.1 Å². The van der Waals surface area contributed by atoms with Gasteiger partial charge in [-0.1, -0.05) is 11.6 Å². The predicted molar refractivity (Wildman–Crippen MR) is 165 cm³/mol. The first-order valence-electron chi connectivity index (χ1n) is 13.5. The van der Waals surface area contributed by atoms with Gasteiger partial charge < -0.3 is 36.0 Å². The maximum atomic E-state index is 11.4. The Hall–Kier alpha value is -2.48. The van der Waals surface area contributed by atoms with Crippen LogP contribution in [0.2, 0.25) is 5.02 Å². The van der Waals surface area contributed by atoms with Gasteiger partial charge in [0.1, 0.15) is 22.6 Å². The summed E-state index contributed by atoms with van der Waals surface area (Å²) in [5, 5.41) is 8.48. The molecule has 2 aromatic rings. The SMILES string of the molecule is CC(C)(C)OC(=O)CCCOc1ccncc1.CC(C)(C)OC(=O)OC(=O)OC(C)(C)C.Clc1ccncc1.NCCO.[H-].[Na+]. The maximum Gasteiger partial charge on any atom is 1.00 e. The smallest absolute Gasteiger partial charge is 1.00 e. The fourth-order valence-electron chi connectivity index (χ4n) is 2.18. The Balaban J connectivity index is -0.000000273. The average molecular weight is 654 g/mol. The standard InChI is InChI=1S/C13H19NO3.C10H18O5.C5H4ClN.C2H7NO.Na.H/c1-13(2,3)17-12(15)5-4-10-16-11-6-8-14-9-7-11;1-9(2,3)14-7(11)13-8(12)15-10(4,5)6;6-5-1-3-7-4-2-5;3-1-2-4;;/h6-9H,4-5,10H2,1-3H3;1-6H3;1-4H;4H,1-3H2;;/q;;;;+1;-1. The monoisotopic (exact) mass is 653 g/mol. The summed E-state index contributed by atoms with van der Waals surface area (Å²) in [6.45, 7) is 16.6. The van der Waals surface area contributed by atoms with Gasteiger partial charge in [0.25, 0.3) is 0 Å². The summed E-state index contributed by atoms with van der Waals surface area (Å²) >= 11 is 5.50. The van der Waals surface area contributed by atoms with Crippen molar-refractivity contribution in [2.45, 2.75) is 92.0 Å². The quantitative estimate of drug-likeness (QED) is 0.154. The van der Waals surface area contributed by atoms with Crippen molar-refractivity contribution >= 4 is 29.9 Å². The molecule has 2 heterocycles. The summed E-state index contributed by atoms with van der Waals surface area (Å²) in [6, 6.07) is 7.05. The molecule has 0 bridgehead atoms. The Morgan fingerprint density at radius 2 is 1.18 bits per heavy atom. The number of aliphatic hydroxyl groups is 1. The molecule has 0 aliphatic heterocycles. The number of halogens is 1. The van der Waals surface area contributed by atoms with E-state index in [2.05, 4.69) is 14.7 Å². The number of ether oxygens (including phenoxy) is 5. The van der Waals surface area contributed by atoms with E-state index in [1.54, 1.807) is 90.6 Å². The largest absolute Gasteiger partial charge is 1.00 e. The summed E-state index contributed by atoms with van der Waals surface area (Å²) in [7, 11) is 0. The van der Waals surface area contributed by atoms with Crippen molar-refractivity contribution in [3.05, 3.63) is 54.1 Å². The predicted octanol–water partition coefficient (Wildman–Crippen LogP) is 3.24. The van der Waals surface area contributed by atoms with E-state index >= 15 is 0 Å². The minimum atomic E-state index is -1.06. The summed E-state index contributed by atoms with van der Waals surface area (Å²) in [4.78, 5) is 41.1. The van der Waals surface area contributed by atoms with E-state index in [0.29, 0.717) is 26.0 Å². The molecule has 0 radical (unpaired) electrons. The zero-order valence-corrected chi connectivity index (χ0v) is 30.5. The van der Waals surface area contributed by atoms with Crippen LogP contribution in [0.15, 0.2) is 49.1 Å². The zero-order valence-electron chi connectivity index (χ0n) is 28.7. The molecule has 2 aromatic heterocycles. The third-order valence-corrected chi connectivity index (χ3v) is 3.83. The Kier molecular flexibility index (Phi) is 25.9. The first-order chi connectivity index (χ1) is 19.8. The van der Waals surface area contributed by atoms with Crippen molar-refractivity contribution in [1.29, 1.82) is 0 Å². The van der Waals surface area contributed by atoms with Crippen LogP contribution in [0.1, 0.15) is 76.6 Å². The number of pyridine rings is 2. The van der Waals surface area contributed by atoms with Gasteiger partial charge >= 0.3 is 47.8 Å². The van der Waals surface area contributed by atoms with Gasteiger partial charge in [-0.05, 0) is 93.0 Å². The van der Waals surface area contributed by atoms with Crippen LogP contribution in [0.5, 0.6) is 5.75 Å². The van der Waals surface area contributed by atoms with Gasteiger partial charge in [-0.2, -0.15) is 0 Å². The van der Waals surface area contributed by atoms with Crippen LogP contribution in [0.4, 0.5) is 9.59 Å². The summed E-state index contributed by atoms with van der Waals surface area (Å²) < 4.78 is 24.4. The molecule has 0 saturated heterocycles. The molecule has 12 nitrogen and oxygen atoms in total. The fraction of sp³-hybridized carbons (Fsp3) is 0.567. The van der Waals surface area contributed by atoms with E-state index in [4.69, 9.17) is 41.4 Å². The van der Waals surface area contributed by atoms with Crippen LogP contribution in [0, 0.1) is 0 Å². The molecule has 0 fully saturated rings. The van der Waals surface area contributed by atoms with Gasteiger partial charge in [0.05, 0.1) is 13.2 Å². The minimum Gasteiger partial charge on any atom is -1.00 e. The summed E-state index contributed by atoms with van der Waals surface area (Å²) in [5.74, 6) is 0.583. The van der Waals surface area contributed by atoms with Crippen molar-refractivity contribution in [2.75, 3.05) is 19.8 Å². The number of nitrogens with zero attached hydrogens (tertiary/aromatic N) is 2. The third kappa shape index (κ3) is 35.7. The van der Waals surface area contributed by atoms with Gasteiger partial charge in [0.2, 0.25) is 0 Å². The first kappa shape index (κ1) is 45.9. The molecule has 0 spiro atoms. The molecule has 14 heteroatoms. The van der Waals surface area contributed by atoms with Gasteiger partial charge in [-0.15, -0.1) is 0 Å². The van der Waals surface area contributed by atoms with Crippen LogP contribution in [-0.4, -0.2) is 69.9 Å². The molecular weight excluding hydrogens is 605 g/mol. The topological polar surface area (TPSA) is 169 Å². The zero-order chi connectivity index (χ0) is 33.5. The van der Waals surface area contributed by atoms with Crippen molar-refractivity contribution in [2.24, 2.45) is 5.73 Å². The molecular formula is C30H49ClN3NaO9. The number of aliphatic hydroxyl groups excluding tert-OH is 1. The van der Waals surface area contributed by atoms with Crippen LogP contribution in [0.3, 0.4) is 0 Å². The van der Waals surface area contributed by atoms with E-state index in [0.717, 1.165) is 10.8 Å². The van der Waals surface area contributed by atoms with Crippen molar-refractivity contribution in [3.8, 4) is 5.75 Å². The molecule has 0 saturated carbocycles. The van der Waals surface area contributed by atoms with Crippen molar-refractivity contribution in [3.63, 3.8) is 0 Å². The fourth-order valence-corrected chi connectivity index (χ4v) is 2.29. The van der Waals surface area contributed by atoms with Gasteiger partial charge in [-0.25, -0.2) is 9.59 Å². The van der Waals surface area contributed by atoms with E-state index in [9.17, 15) is 14.4 Å². The second-order valence-corrected chi connectivity index (χ2v) is 11.9. The van der Waals surface area contributed by atoms with Crippen LogP contribution in [0.25, 0.3) is 0 Å². The molecule has 0 aliphatic rings. The molecule has 0 amide bonds. The number of hydrogen-bond acceptors (Lipinski definition) is 12. The molecule has 0 atom stereocenters. The van der Waals surface area contributed by atoms with Crippen LogP contribution < -0.4 is 40.0 Å². The normalized spacial score (nSPS) is 10.4. The molecule has 0 aromatic carbocycles. The maximum absolute atomic E-state index is 11.4. The Morgan fingerprint density at radius 3 is 1.50 bits per heavy atom. The van der Waals surface area contributed by atoms with E-state index in [1.807, 2.05) is 20.8 Å². The Bertz CT molecular complexity index is 1010. The molecule has 0 aliphatic carbocycles. The van der Waals surface area contributed by atoms with Crippen molar-refractivity contribution < 1.29 is 74.2 Å². The minimum absolute atomic E-state index is 0. The molecule has 0 unspecified atom stereocenters. The average Bonchev–Trinajstić information content (AvgIpc) is 2.85. The second-order valence-electron chi connectivity index (χ2n) is 11.4. The summed E-state index contributed by atoms with van der Waals surface area (Å²) in [6.07, 6.45) is 5.56. The van der Waals surface area contributed by atoms with Gasteiger partial charge in [0.15, 0.2) is 0 Å². The Labute approximate surface area is 290 Å². The number of rotatable bonds is 6. The van der Waals surface area contributed by atoms with Crippen molar-refractivity contribution in [1.82, 2.24) is 9.97 Å².